The van der Waals surface area contributed by atoms with E-state index < -0.39 is 0 Å². The molecule has 108 valence electrons. The maximum Gasteiger partial charge on any atom is 0.257 e. The van der Waals surface area contributed by atoms with E-state index in [0.717, 1.165) is 11.1 Å². The van der Waals surface area contributed by atoms with E-state index in [-0.39, 0.29) is 12.5 Å². The molecule has 1 N–H and O–H groups in total. The Kier molecular flexibility index (Phi) is 4.81. The largest absolute Gasteiger partial charge is 0.469 e. The van der Waals surface area contributed by atoms with Gasteiger partial charge in [0.05, 0.1) is 11.8 Å². The van der Waals surface area contributed by atoms with Crippen LogP contribution in [0.15, 0.2) is 41.0 Å². The number of rotatable bonds is 3. The van der Waals surface area contributed by atoms with Gasteiger partial charge >= 0.3 is 0 Å². The van der Waals surface area contributed by atoms with Crippen LogP contribution >= 0.6 is 0 Å². The fraction of sp³-hybridized carbons (Fsp3) is 0.235. The van der Waals surface area contributed by atoms with E-state index in [1.165, 1.54) is 6.26 Å². The molecule has 0 atom stereocenters. The second-order valence-corrected chi connectivity index (χ2v) is 4.71. The highest BCUT2D eigenvalue weighted by Crippen LogP contribution is 2.13. The van der Waals surface area contributed by atoms with Crippen molar-refractivity contribution in [2.45, 2.75) is 13.5 Å². The van der Waals surface area contributed by atoms with Gasteiger partial charge in [0.25, 0.3) is 5.91 Å². The van der Waals surface area contributed by atoms with E-state index in [4.69, 9.17) is 9.52 Å². The van der Waals surface area contributed by atoms with E-state index in [1.807, 2.05) is 24.3 Å². The van der Waals surface area contributed by atoms with E-state index >= 15 is 0 Å². The SMILES string of the molecule is Cc1occc1C(=O)N(C)Cc1ccc(C#CCO)cc1. The van der Waals surface area contributed by atoms with Crippen molar-refractivity contribution in [2.75, 3.05) is 13.7 Å². The van der Waals surface area contributed by atoms with Gasteiger partial charge in [-0.2, -0.15) is 0 Å². The number of aliphatic hydroxyl groups excluding tert-OH is 1. The fourth-order valence-corrected chi connectivity index (χ4v) is 1.99. The van der Waals surface area contributed by atoms with Gasteiger partial charge in [-0.1, -0.05) is 24.0 Å². The van der Waals surface area contributed by atoms with Gasteiger partial charge in [-0.15, -0.1) is 0 Å². The second-order valence-electron chi connectivity index (χ2n) is 4.71. The fourth-order valence-electron chi connectivity index (χ4n) is 1.99. The van der Waals surface area contributed by atoms with Crippen LogP contribution in [0.5, 0.6) is 0 Å². The van der Waals surface area contributed by atoms with Gasteiger partial charge in [0.1, 0.15) is 12.4 Å². The number of aliphatic hydroxyl groups is 1. The summed E-state index contributed by atoms with van der Waals surface area (Å²) in [5.74, 6) is 5.99. The molecule has 1 aromatic heterocycles. The number of nitrogens with zero attached hydrogens (tertiary/aromatic N) is 1. The topological polar surface area (TPSA) is 53.7 Å². The van der Waals surface area contributed by atoms with Gasteiger partial charge in [0, 0.05) is 19.2 Å². The standard InChI is InChI=1S/C17H17NO3/c1-13-16(9-11-21-13)17(20)18(2)12-15-7-5-14(6-8-15)4-3-10-19/h5-9,11,19H,10,12H2,1-2H3. The van der Waals surface area contributed by atoms with E-state index in [1.54, 1.807) is 24.9 Å². The molecule has 0 radical (unpaired) electrons. The third-order valence-electron chi connectivity index (χ3n) is 3.12. The number of hydrogen-bond acceptors (Lipinski definition) is 3. The van der Waals surface area contributed by atoms with Crippen molar-refractivity contribution in [1.82, 2.24) is 4.90 Å². The highest BCUT2D eigenvalue weighted by atomic mass is 16.3. The molecule has 1 amide bonds. The average Bonchev–Trinajstić information content (AvgIpc) is 2.92. The highest BCUT2D eigenvalue weighted by Gasteiger charge is 2.16. The van der Waals surface area contributed by atoms with Crippen molar-refractivity contribution in [2.24, 2.45) is 0 Å². The van der Waals surface area contributed by atoms with Crippen LogP contribution in [-0.4, -0.2) is 29.6 Å². The molecule has 0 unspecified atom stereocenters. The third kappa shape index (κ3) is 3.74. The molecule has 1 heterocycles. The molecule has 0 spiro atoms. The van der Waals surface area contributed by atoms with Crippen LogP contribution in [0, 0.1) is 18.8 Å². The number of benzene rings is 1. The van der Waals surface area contributed by atoms with Gasteiger partial charge in [0.2, 0.25) is 0 Å². The highest BCUT2D eigenvalue weighted by molar-refractivity contribution is 5.94. The molecule has 1 aromatic carbocycles. The summed E-state index contributed by atoms with van der Waals surface area (Å²) in [5, 5.41) is 8.65. The van der Waals surface area contributed by atoms with Crippen molar-refractivity contribution < 1.29 is 14.3 Å². The summed E-state index contributed by atoms with van der Waals surface area (Å²) >= 11 is 0. The lowest BCUT2D eigenvalue weighted by molar-refractivity contribution is 0.0783. The summed E-state index contributed by atoms with van der Waals surface area (Å²) in [6, 6.07) is 9.28. The molecule has 2 aromatic rings. The zero-order valence-corrected chi connectivity index (χ0v) is 12.1. The summed E-state index contributed by atoms with van der Waals surface area (Å²) in [5.41, 5.74) is 2.44. The smallest absolute Gasteiger partial charge is 0.257 e. The molecule has 0 aliphatic heterocycles. The normalized spacial score (nSPS) is 9.86. The van der Waals surface area contributed by atoms with Crippen LogP contribution in [0.3, 0.4) is 0 Å². The summed E-state index contributed by atoms with van der Waals surface area (Å²) in [4.78, 5) is 13.9. The maximum absolute atomic E-state index is 12.3. The minimum absolute atomic E-state index is 0.0644. The van der Waals surface area contributed by atoms with Crippen molar-refractivity contribution >= 4 is 5.91 Å². The second kappa shape index (κ2) is 6.78. The van der Waals surface area contributed by atoms with Gasteiger partial charge in [-0.25, -0.2) is 0 Å². The maximum atomic E-state index is 12.3. The van der Waals surface area contributed by atoms with E-state index in [0.29, 0.717) is 17.9 Å². The van der Waals surface area contributed by atoms with Crippen LogP contribution in [0.2, 0.25) is 0 Å². The van der Waals surface area contributed by atoms with Gasteiger partial charge in [0.15, 0.2) is 0 Å². The first-order chi connectivity index (χ1) is 10.1. The Balaban J connectivity index is 2.04. The number of carbonyl (C=O) groups excluding carboxylic acids is 1. The number of aryl methyl sites for hydroxylation is 1. The lowest BCUT2D eigenvalue weighted by atomic mass is 10.1. The first-order valence-corrected chi connectivity index (χ1v) is 6.60. The summed E-state index contributed by atoms with van der Waals surface area (Å²) in [6.07, 6.45) is 1.52. The Bertz CT molecular complexity index is 674. The number of carbonyl (C=O) groups is 1. The van der Waals surface area contributed by atoms with Crippen molar-refractivity contribution in [3.8, 4) is 11.8 Å². The van der Waals surface area contributed by atoms with Crippen LogP contribution in [0.4, 0.5) is 0 Å². The van der Waals surface area contributed by atoms with Crippen LogP contribution in [0.25, 0.3) is 0 Å². The summed E-state index contributed by atoms with van der Waals surface area (Å²) < 4.78 is 5.16. The Hall–Kier alpha value is -2.51. The molecule has 0 bridgehead atoms. The summed E-state index contributed by atoms with van der Waals surface area (Å²) in [7, 11) is 1.76. The Morgan fingerprint density at radius 3 is 2.57 bits per heavy atom. The van der Waals surface area contributed by atoms with Crippen LogP contribution in [0.1, 0.15) is 27.2 Å². The Morgan fingerprint density at radius 1 is 1.29 bits per heavy atom. The monoisotopic (exact) mass is 283 g/mol. The van der Waals surface area contributed by atoms with E-state index in [2.05, 4.69) is 11.8 Å². The molecule has 4 nitrogen and oxygen atoms in total. The molecule has 0 aliphatic carbocycles. The quantitative estimate of drug-likeness (QED) is 0.879. The Labute approximate surface area is 124 Å². The Morgan fingerprint density at radius 2 is 2.00 bits per heavy atom. The zero-order chi connectivity index (χ0) is 15.2. The predicted molar refractivity (Wildman–Crippen MR) is 79.6 cm³/mol. The molecule has 0 saturated carbocycles. The minimum atomic E-state index is -0.150. The lowest BCUT2D eigenvalue weighted by Gasteiger charge is -2.16. The van der Waals surface area contributed by atoms with Crippen LogP contribution < -0.4 is 0 Å². The third-order valence-corrected chi connectivity index (χ3v) is 3.12. The molecule has 4 heteroatoms. The number of amides is 1. The first-order valence-electron chi connectivity index (χ1n) is 6.60. The van der Waals surface area contributed by atoms with Crippen molar-refractivity contribution in [3.05, 3.63) is 59.0 Å². The molecular formula is C17H17NO3. The van der Waals surface area contributed by atoms with Gasteiger partial charge in [-0.05, 0) is 30.7 Å². The zero-order valence-electron chi connectivity index (χ0n) is 12.1. The van der Waals surface area contributed by atoms with E-state index in [9.17, 15) is 4.79 Å². The molecule has 21 heavy (non-hydrogen) atoms. The van der Waals surface area contributed by atoms with Crippen molar-refractivity contribution in [1.29, 1.82) is 0 Å². The molecule has 0 saturated heterocycles. The first kappa shape index (κ1) is 14.9. The van der Waals surface area contributed by atoms with Crippen molar-refractivity contribution in [3.63, 3.8) is 0 Å². The number of hydrogen-bond donors (Lipinski definition) is 1. The summed E-state index contributed by atoms with van der Waals surface area (Å²) in [6.45, 7) is 2.13. The average molecular weight is 283 g/mol. The van der Waals surface area contributed by atoms with Gasteiger partial charge < -0.3 is 14.4 Å². The molecule has 0 fully saturated rings. The number of furan rings is 1. The predicted octanol–water partition coefficient (Wildman–Crippen LogP) is 2.20. The molecular weight excluding hydrogens is 266 g/mol. The minimum Gasteiger partial charge on any atom is -0.469 e. The van der Waals surface area contributed by atoms with Crippen LogP contribution in [-0.2, 0) is 6.54 Å². The molecule has 0 aliphatic rings. The van der Waals surface area contributed by atoms with Gasteiger partial charge in [-0.3, -0.25) is 4.79 Å². The molecule has 2 rings (SSSR count). The lowest BCUT2D eigenvalue weighted by Crippen LogP contribution is -2.26.